The molecule has 9 heteroatoms. The molecule has 1 amide bonds. The van der Waals surface area contributed by atoms with Crippen LogP contribution in [0.15, 0.2) is 47.4 Å². The number of nitrogens with one attached hydrogen (secondary N) is 1. The Bertz CT molecular complexity index is 1060. The molecular weight excluding hydrogens is 414 g/mol. The van der Waals surface area contributed by atoms with E-state index in [9.17, 15) is 22.0 Å². The van der Waals surface area contributed by atoms with Crippen molar-refractivity contribution in [3.63, 3.8) is 0 Å². The first-order valence-corrected chi connectivity index (χ1v) is 10.9. The van der Waals surface area contributed by atoms with Gasteiger partial charge in [-0.1, -0.05) is 12.5 Å². The summed E-state index contributed by atoms with van der Waals surface area (Å²) in [6, 6.07) is 7.62. The third-order valence-electron chi connectivity index (χ3n) is 4.73. The standard InChI is InChI=1S/C21H22F2N2O4S/c1-29-19-9-5-15(13-20(19)30(27,28)25-11-3-2-4-12-25)6-10-21(26)24-16-7-8-17(22)18(23)14-16/h5-10,13-14H,2-4,11-12H2,1H3,(H,24,26)/b10-6+. The molecule has 0 atom stereocenters. The van der Waals surface area contributed by atoms with E-state index in [0.717, 1.165) is 31.4 Å². The summed E-state index contributed by atoms with van der Waals surface area (Å²) in [6.07, 6.45) is 5.24. The Morgan fingerprint density at radius 3 is 2.47 bits per heavy atom. The summed E-state index contributed by atoms with van der Waals surface area (Å²) in [7, 11) is -2.33. The van der Waals surface area contributed by atoms with E-state index < -0.39 is 27.6 Å². The van der Waals surface area contributed by atoms with Gasteiger partial charge in [-0.15, -0.1) is 0 Å². The van der Waals surface area contributed by atoms with Crippen LogP contribution in [0, 0.1) is 11.6 Å². The molecule has 0 unspecified atom stereocenters. The number of sulfonamides is 1. The zero-order chi connectivity index (χ0) is 21.7. The predicted molar refractivity (Wildman–Crippen MR) is 110 cm³/mol. The molecule has 0 spiro atoms. The van der Waals surface area contributed by atoms with E-state index in [2.05, 4.69) is 5.32 Å². The second-order valence-electron chi connectivity index (χ2n) is 6.83. The summed E-state index contributed by atoms with van der Waals surface area (Å²) in [5, 5.41) is 2.42. The van der Waals surface area contributed by atoms with Crippen molar-refractivity contribution in [1.29, 1.82) is 0 Å². The smallest absolute Gasteiger partial charge is 0.248 e. The Labute approximate surface area is 174 Å². The maximum atomic E-state index is 13.2. The third kappa shape index (κ3) is 5.03. The van der Waals surface area contributed by atoms with Crippen molar-refractivity contribution >= 4 is 27.7 Å². The molecule has 1 N–H and O–H groups in total. The van der Waals surface area contributed by atoms with Crippen LogP contribution < -0.4 is 10.1 Å². The number of piperidine rings is 1. The summed E-state index contributed by atoms with van der Waals surface area (Å²) in [4.78, 5) is 12.1. The van der Waals surface area contributed by atoms with Crippen LogP contribution in [0.2, 0.25) is 0 Å². The molecule has 0 saturated carbocycles. The van der Waals surface area contributed by atoms with Gasteiger partial charge in [0.15, 0.2) is 11.6 Å². The van der Waals surface area contributed by atoms with Gasteiger partial charge < -0.3 is 10.1 Å². The average Bonchev–Trinajstić information content (AvgIpc) is 2.75. The average molecular weight is 436 g/mol. The Morgan fingerprint density at radius 2 is 1.80 bits per heavy atom. The Morgan fingerprint density at radius 1 is 1.07 bits per heavy atom. The zero-order valence-corrected chi connectivity index (χ0v) is 17.2. The van der Waals surface area contributed by atoms with Crippen LogP contribution in [0.4, 0.5) is 14.5 Å². The van der Waals surface area contributed by atoms with E-state index >= 15 is 0 Å². The highest BCUT2D eigenvalue weighted by atomic mass is 32.2. The van der Waals surface area contributed by atoms with E-state index in [4.69, 9.17) is 4.74 Å². The molecule has 0 radical (unpaired) electrons. The van der Waals surface area contributed by atoms with Crippen LogP contribution in [0.5, 0.6) is 5.75 Å². The van der Waals surface area contributed by atoms with Crippen molar-refractivity contribution in [2.75, 3.05) is 25.5 Å². The van der Waals surface area contributed by atoms with Gasteiger partial charge in [-0.2, -0.15) is 4.31 Å². The number of anilines is 1. The van der Waals surface area contributed by atoms with Gasteiger partial charge in [0.1, 0.15) is 10.6 Å². The van der Waals surface area contributed by atoms with Gasteiger partial charge >= 0.3 is 0 Å². The molecule has 1 aliphatic rings. The van der Waals surface area contributed by atoms with Crippen molar-refractivity contribution < 1.29 is 26.7 Å². The van der Waals surface area contributed by atoms with Gasteiger partial charge in [0.2, 0.25) is 15.9 Å². The minimum absolute atomic E-state index is 0.0371. The normalized spacial score (nSPS) is 15.3. The number of hydrogen-bond acceptors (Lipinski definition) is 4. The third-order valence-corrected chi connectivity index (χ3v) is 6.65. The Hall–Kier alpha value is -2.78. The lowest BCUT2D eigenvalue weighted by atomic mass is 10.2. The number of amides is 1. The maximum absolute atomic E-state index is 13.2. The first-order chi connectivity index (χ1) is 14.3. The van der Waals surface area contributed by atoms with Crippen LogP contribution in [0.1, 0.15) is 24.8 Å². The van der Waals surface area contributed by atoms with E-state index in [-0.39, 0.29) is 16.3 Å². The lowest BCUT2D eigenvalue weighted by Crippen LogP contribution is -2.35. The van der Waals surface area contributed by atoms with Crippen LogP contribution in [0.25, 0.3) is 6.08 Å². The number of halogens is 2. The number of carbonyl (C=O) groups is 1. The molecule has 0 aromatic heterocycles. The van der Waals surface area contributed by atoms with Crippen molar-refractivity contribution in [3.8, 4) is 5.75 Å². The van der Waals surface area contributed by atoms with Crippen molar-refractivity contribution in [2.24, 2.45) is 0 Å². The molecule has 1 fully saturated rings. The second-order valence-corrected chi connectivity index (χ2v) is 8.73. The Balaban J connectivity index is 1.80. The number of rotatable bonds is 6. The zero-order valence-electron chi connectivity index (χ0n) is 16.4. The molecule has 3 rings (SSSR count). The quantitative estimate of drug-likeness (QED) is 0.699. The SMILES string of the molecule is COc1ccc(/C=C/C(=O)Nc2ccc(F)c(F)c2)cc1S(=O)(=O)N1CCCCC1. The highest BCUT2D eigenvalue weighted by molar-refractivity contribution is 7.89. The van der Waals surface area contributed by atoms with Gasteiger partial charge in [-0.3, -0.25) is 4.79 Å². The number of carbonyl (C=O) groups excluding carboxylic acids is 1. The fraction of sp³-hybridized carbons (Fsp3) is 0.286. The van der Waals surface area contributed by atoms with Crippen LogP contribution in [-0.4, -0.2) is 38.8 Å². The molecule has 1 saturated heterocycles. The highest BCUT2D eigenvalue weighted by Crippen LogP contribution is 2.30. The fourth-order valence-electron chi connectivity index (χ4n) is 3.17. The van der Waals surface area contributed by atoms with E-state index in [1.807, 2.05) is 0 Å². The summed E-state index contributed by atoms with van der Waals surface area (Å²) in [5.41, 5.74) is 0.582. The molecule has 30 heavy (non-hydrogen) atoms. The number of methoxy groups -OCH3 is 1. The van der Waals surface area contributed by atoms with Crippen LogP contribution in [0.3, 0.4) is 0 Å². The first-order valence-electron chi connectivity index (χ1n) is 9.43. The van der Waals surface area contributed by atoms with E-state index in [1.54, 1.807) is 6.07 Å². The van der Waals surface area contributed by atoms with Gasteiger partial charge in [0.05, 0.1) is 7.11 Å². The minimum atomic E-state index is -3.73. The summed E-state index contributed by atoms with van der Waals surface area (Å²) < 4.78 is 59.0. The molecule has 0 aliphatic carbocycles. The van der Waals surface area contributed by atoms with Gasteiger partial charge in [-0.05, 0) is 48.7 Å². The largest absolute Gasteiger partial charge is 0.495 e. The molecule has 1 heterocycles. The van der Waals surface area contributed by atoms with Crippen molar-refractivity contribution in [1.82, 2.24) is 4.31 Å². The molecule has 1 aliphatic heterocycles. The number of ether oxygens (including phenoxy) is 1. The molecule has 2 aromatic rings. The lowest BCUT2D eigenvalue weighted by molar-refractivity contribution is -0.111. The maximum Gasteiger partial charge on any atom is 0.248 e. The Kier molecular flexibility index (Phi) is 6.84. The van der Waals surface area contributed by atoms with Crippen molar-refractivity contribution in [2.45, 2.75) is 24.2 Å². The number of nitrogens with zero attached hydrogens (tertiary/aromatic N) is 1. The molecule has 0 bridgehead atoms. The van der Waals surface area contributed by atoms with Gasteiger partial charge in [0.25, 0.3) is 0 Å². The second kappa shape index (κ2) is 9.36. The predicted octanol–water partition coefficient (Wildman–Crippen LogP) is 3.80. The number of hydrogen-bond donors (Lipinski definition) is 1. The fourth-order valence-corrected chi connectivity index (χ4v) is 4.88. The highest BCUT2D eigenvalue weighted by Gasteiger charge is 2.29. The first kappa shape index (κ1) is 21.9. The molecular formula is C21H22F2N2O4S. The summed E-state index contributed by atoms with van der Waals surface area (Å²) >= 11 is 0. The summed E-state index contributed by atoms with van der Waals surface area (Å²) in [5.74, 6) is -2.43. The van der Waals surface area contributed by atoms with Gasteiger partial charge in [-0.25, -0.2) is 17.2 Å². The van der Waals surface area contributed by atoms with Crippen LogP contribution in [-0.2, 0) is 14.8 Å². The van der Waals surface area contributed by atoms with E-state index in [0.29, 0.717) is 18.7 Å². The topological polar surface area (TPSA) is 75.7 Å². The molecule has 160 valence electrons. The van der Waals surface area contributed by atoms with E-state index in [1.165, 1.54) is 41.8 Å². The van der Waals surface area contributed by atoms with Crippen LogP contribution >= 0.6 is 0 Å². The molecule has 2 aromatic carbocycles. The molecule has 6 nitrogen and oxygen atoms in total. The monoisotopic (exact) mass is 436 g/mol. The van der Waals surface area contributed by atoms with Gasteiger partial charge in [0, 0.05) is 30.9 Å². The lowest BCUT2D eigenvalue weighted by Gasteiger charge is -2.26. The minimum Gasteiger partial charge on any atom is -0.495 e. The van der Waals surface area contributed by atoms with Crippen molar-refractivity contribution in [3.05, 3.63) is 59.7 Å². The summed E-state index contributed by atoms with van der Waals surface area (Å²) in [6.45, 7) is 0.921. The number of benzene rings is 2.